The van der Waals surface area contributed by atoms with E-state index in [1.54, 1.807) is 37.9 Å². The van der Waals surface area contributed by atoms with Crippen LogP contribution < -0.4 is 10.2 Å². The molecule has 0 radical (unpaired) electrons. The predicted molar refractivity (Wildman–Crippen MR) is 162 cm³/mol. The standard InChI is InChI=1S/C31H38N4O5S/c1-30(2,3)39-28(37)33-24-13-12-22(21-10-8-7-9-11-21)18-23(24)19-25(36)26-20-32-27(41-26)34-14-16-35(17-15-34)29(38)40-31(4,5)6/h7-13,18,20H,14-17,19H2,1-6H3,(H,33,37). The number of hydrogen-bond donors (Lipinski definition) is 1. The maximum atomic E-state index is 13.4. The molecule has 0 spiro atoms. The summed E-state index contributed by atoms with van der Waals surface area (Å²) in [6, 6.07) is 15.5. The van der Waals surface area contributed by atoms with Gasteiger partial charge in [-0.25, -0.2) is 14.6 Å². The zero-order chi connectivity index (χ0) is 29.8. The fourth-order valence-electron chi connectivity index (χ4n) is 4.29. The van der Waals surface area contributed by atoms with Crippen LogP contribution in [0.25, 0.3) is 11.1 Å². The molecule has 0 unspecified atom stereocenters. The Kier molecular flexibility index (Phi) is 9.01. The number of thiazole rings is 1. The van der Waals surface area contributed by atoms with Gasteiger partial charge in [-0.15, -0.1) is 0 Å². The number of amides is 2. The number of piperazine rings is 1. The SMILES string of the molecule is CC(C)(C)OC(=O)Nc1ccc(-c2ccccc2)cc1CC(=O)c1cnc(N2CCN(C(=O)OC(C)(C)C)CC2)s1. The second-order valence-corrected chi connectivity index (χ2v) is 12.9. The van der Waals surface area contributed by atoms with E-state index in [-0.39, 0.29) is 18.3 Å². The summed E-state index contributed by atoms with van der Waals surface area (Å²) in [4.78, 5) is 47.2. The molecule has 4 rings (SSSR count). The van der Waals surface area contributed by atoms with E-state index in [0.29, 0.717) is 42.3 Å². The molecule has 218 valence electrons. The summed E-state index contributed by atoms with van der Waals surface area (Å²) in [7, 11) is 0. The van der Waals surface area contributed by atoms with Gasteiger partial charge in [-0.05, 0) is 70.4 Å². The third-order valence-electron chi connectivity index (χ3n) is 6.17. The summed E-state index contributed by atoms with van der Waals surface area (Å²) in [5, 5.41) is 3.55. The topological polar surface area (TPSA) is 101 Å². The van der Waals surface area contributed by atoms with Crippen LogP contribution in [0.2, 0.25) is 0 Å². The van der Waals surface area contributed by atoms with Gasteiger partial charge < -0.3 is 19.3 Å². The molecule has 3 aromatic rings. The van der Waals surface area contributed by atoms with Gasteiger partial charge in [0.1, 0.15) is 11.2 Å². The van der Waals surface area contributed by atoms with Crippen molar-refractivity contribution in [2.45, 2.75) is 59.2 Å². The second kappa shape index (κ2) is 12.3. The first-order chi connectivity index (χ1) is 19.3. The molecule has 0 saturated carbocycles. The minimum Gasteiger partial charge on any atom is -0.444 e. The summed E-state index contributed by atoms with van der Waals surface area (Å²) in [5.74, 6) is -0.0985. The number of hydrogen-bond acceptors (Lipinski definition) is 8. The van der Waals surface area contributed by atoms with Gasteiger partial charge in [0.15, 0.2) is 10.9 Å². The minimum atomic E-state index is -0.651. The van der Waals surface area contributed by atoms with Crippen LogP contribution in [0, 0.1) is 0 Å². The lowest BCUT2D eigenvalue weighted by Gasteiger charge is -2.35. The van der Waals surface area contributed by atoms with Crippen molar-refractivity contribution in [3.8, 4) is 11.1 Å². The number of benzene rings is 2. The van der Waals surface area contributed by atoms with Gasteiger partial charge in [0, 0.05) is 38.3 Å². The van der Waals surface area contributed by atoms with Crippen molar-refractivity contribution in [3.63, 3.8) is 0 Å². The number of carbonyl (C=O) groups is 3. The normalized spacial score (nSPS) is 14.0. The van der Waals surface area contributed by atoms with Crippen molar-refractivity contribution in [2.24, 2.45) is 0 Å². The highest BCUT2D eigenvalue weighted by atomic mass is 32.1. The van der Waals surface area contributed by atoms with Gasteiger partial charge in [-0.2, -0.15) is 0 Å². The molecule has 2 amide bonds. The van der Waals surface area contributed by atoms with E-state index >= 15 is 0 Å². The third-order valence-corrected chi connectivity index (χ3v) is 7.27. The molecule has 2 aromatic carbocycles. The molecule has 1 aliphatic heterocycles. The van der Waals surface area contributed by atoms with Crippen molar-refractivity contribution < 1.29 is 23.9 Å². The van der Waals surface area contributed by atoms with Gasteiger partial charge in [0.2, 0.25) is 0 Å². The zero-order valence-corrected chi connectivity index (χ0v) is 25.3. The van der Waals surface area contributed by atoms with Crippen LogP contribution in [0.3, 0.4) is 0 Å². The highest BCUT2D eigenvalue weighted by molar-refractivity contribution is 7.17. The van der Waals surface area contributed by atoms with E-state index in [0.717, 1.165) is 16.3 Å². The van der Waals surface area contributed by atoms with Crippen molar-refractivity contribution in [1.29, 1.82) is 0 Å². The Hall–Kier alpha value is -3.92. The predicted octanol–water partition coefficient (Wildman–Crippen LogP) is 6.64. The number of aromatic nitrogens is 1. The first kappa shape index (κ1) is 30.0. The number of ketones is 1. The molecule has 1 aliphatic rings. The second-order valence-electron chi connectivity index (χ2n) is 11.9. The zero-order valence-electron chi connectivity index (χ0n) is 24.5. The Morgan fingerprint density at radius 3 is 2.17 bits per heavy atom. The molecular weight excluding hydrogens is 540 g/mol. The lowest BCUT2D eigenvalue weighted by atomic mass is 9.98. The van der Waals surface area contributed by atoms with E-state index in [1.165, 1.54) is 11.3 Å². The lowest BCUT2D eigenvalue weighted by molar-refractivity contribution is 0.0240. The first-order valence-corrected chi connectivity index (χ1v) is 14.5. The summed E-state index contributed by atoms with van der Waals surface area (Å²) < 4.78 is 10.9. The highest BCUT2D eigenvalue weighted by Gasteiger charge is 2.27. The lowest BCUT2D eigenvalue weighted by Crippen LogP contribution is -2.50. The molecule has 9 nitrogen and oxygen atoms in total. The van der Waals surface area contributed by atoms with Crippen molar-refractivity contribution >= 4 is 40.1 Å². The van der Waals surface area contributed by atoms with Crippen molar-refractivity contribution in [1.82, 2.24) is 9.88 Å². The molecule has 0 bridgehead atoms. The van der Waals surface area contributed by atoms with Crippen LogP contribution in [-0.4, -0.2) is 65.2 Å². The Labute approximate surface area is 245 Å². The van der Waals surface area contributed by atoms with Gasteiger partial charge in [0.05, 0.1) is 11.1 Å². The van der Waals surface area contributed by atoms with Crippen molar-refractivity contribution in [2.75, 3.05) is 36.4 Å². The molecule has 10 heteroatoms. The molecule has 1 N–H and O–H groups in total. The van der Waals surface area contributed by atoms with Gasteiger partial charge in [0.25, 0.3) is 0 Å². The van der Waals surface area contributed by atoms with E-state index in [4.69, 9.17) is 9.47 Å². The molecule has 41 heavy (non-hydrogen) atoms. The maximum absolute atomic E-state index is 13.4. The summed E-state index contributed by atoms with van der Waals surface area (Å²) in [5.41, 5.74) is 1.97. The fourth-order valence-corrected chi connectivity index (χ4v) is 5.20. The Morgan fingerprint density at radius 2 is 1.54 bits per heavy atom. The van der Waals surface area contributed by atoms with Crippen LogP contribution in [0.1, 0.15) is 56.8 Å². The molecular formula is C31H38N4O5S. The van der Waals surface area contributed by atoms with E-state index < -0.39 is 17.3 Å². The van der Waals surface area contributed by atoms with Crippen LogP contribution in [0.4, 0.5) is 20.4 Å². The van der Waals surface area contributed by atoms with Gasteiger partial charge >= 0.3 is 12.2 Å². The highest BCUT2D eigenvalue weighted by Crippen LogP contribution is 2.29. The molecule has 1 aromatic heterocycles. The average Bonchev–Trinajstić information content (AvgIpc) is 3.39. The Balaban J connectivity index is 1.47. The Morgan fingerprint density at radius 1 is 0.878 bits per heavy atom. The smallest absolute Gasteiger partial charge is 0.412 e. The molecule has 0 atom stereocenters. The van der Waals surface area contributed by atoms with Crippen LogP contribution >= 0.6 is 11.3 Å². The summed E-state index contributed by atoms with van der Waals surface area (Å²) in [6.07, 6.45) is 0.787. The summed E-state index contributed by atoms with van der Waals surface area (Å²) >= 11 is 1.33. The molecule has 2 heterocycles. The number of rotatable bonds is 6. The summed E-state index contributed by atoms with van der Waals surface area (Å²) in [6.45, 7) is 13.2. The number of anilines is 2. The van der Waals surface area contributed by atoms with Crippen LogP contribution in [-0.2, 0) is 15.9 Å². The third kappa shape index (κ3) is 8.53. The number of nitrogens with zero attached hydrogens (tertiary/aromatic N) is 3. The molecule has 0 aliphatic carbocycles. The fraction of sp³-hybridized carbons (Fsp3) is 0.419. The monoisotopic (exact) mass is 578 g/mol. The van der Waals surface area contributed by atoms with Crippen molar-refractivity contribution in [3.05, 3.63) is 65.2 Å². The number of carbonyl (C=O) groups excluding carboxylic acids is 3. The number of Topliss-reactive ketones (excluding diaryl/α,β-unsaturated/α-hetero) is 1. The van der Waals surface area contributed by atoms with E-state index in [2.05, 4.69) is 15.2 Å². The van der Waals surface area contributed by atoms with Crippen LogP contribution in [0.5, 0.6) is 0 Å². The van der Waals surface area contributed by atoms with E-state index in [9.17, 15) is 14.4 Å². The van der Waals surface area contributed by atoms with Crippen LogP contribution in [0.15, 0.2) is 54.7 Å². The van der Waals surface area contributed by atoms with Gasteiger partial charge in [-0.1, -0.05) is 47.7 Å². The quantitative estimate of drug-likeness (QED) is 0.327. The maximum Gasteiger partial charge on any atom is 0.412 e. The first-order valence-electron chi connectivity index (χ1n) is 13.7. The Bertz CT molecular complexity index is 1380. The number of ether oxygens (including phenoxy) is 2. The number of nitrogens with one attached hydrogen (secondary N) is 1. The minimum absolute atomic E-state index is 0.0832. The van der Waals surface area contributed by atoms with E-state index in [1.807, 2.05) is 63.2 Å². The van der Waals surface area contributed by atoms with Gasteiger partial charge in [-0.3, -0.25) is 10.1 Å². The molecule has 1 fully saturated rings. The average molecular weight is 579 g/mol. The molecule has 1 saturated heterocycles. The largest absolute Gasteiger partial charge is 0.444 e.